The Morgan fingerprint density at radius 1 is 0.956 bits per heavy atom. The molecule has 6 rings (SSSR count). The van der Waals surface area contributed by atoms with Crippen molar-refractivity contribution in [2.75, 3.05) is 11.5 Å². The summed E-state index contributed by atoms with van der Waals surface area (Å²) in [5, 5.41) is 11.6. The summed E-state index contributed by atoms with van der Waals surface area (Å²) >= 11 is 9.29. The van der Waals surface area contributed by atoms with E-state index in [0.29, 0.717) is 43.4 Å². The minimum Gasteiger partial charge on any atom is -0.454 e. The van der Waals surface area contributed by atoms with Gasteiger partial charge < -0.3 is 4.74 Å². The Balaban J connectivity index is 1.31. The topological polar surface area (TPSA) is 137 Å². The van der Waals surface area contributed by atoms with Gasteiger partial charge in [0.25, 0.3) is 17.5 Å². The van der Waals surface area contributed by atoms with Crippen molar-refractivity contribution in [1.82, 2.24) is 4.98 Å². The number of fused-ring (bicyclic) bond motifs is 2. The minimum atomic E-state index is -0.805. The number of aromatic nitrogens is 1. The summed E-state index contributed by atoms with van der Waals surface area (Å²) in [7, 11) is 0. The minimum absolute atomic E-state index is 0.0316. The molecule has 0 radical (unpaired) electrons. The highest BCUT2D eigenvalue weighted by molar-refractivity contribution is 9.10. The van der Waals surface area contributed by atoms with Crippen LogP contribution in [0.2, 0.25) is 5.02 Å². The zero-order valence-corrected chi connectivity index (χ0v) is 25.6. The lowest BCUT2D eigenvalue weighted by molar-refractivity contribution is -0.384. The van der Waals surface area contributed by atoms with Gasteiger partial charge in [0.1, 0.15) is 5.02 Å². The number of nitro groups is 1. The van der Waals surface area contributed by atoms with Gasteiger partial charge in [-0.3, -0.25) is 24.5 Å². The third kappa shape index (κ3) is 5.47. The average Bonchev–Trinajstić information content (AvgIpc) is 3.28. The normalized spacial score (nSPS) is 12.4. The molecule has 1 aliphatic rings. The first kappa shape index (κ1) is 29.8. The van der Waals surface area contributed by atoms with Crippen LogP contribution < -0.4 is 4.90 Å². The number of hydrogen-bond donors (Lipinski definition) is 0. The molecule has 0 N–H and O–H groups in total. The molecule has 0 fully saturated rings. The fourth-order valence-corrected chi connectivity index (χ4v) is 5.86. The first-order valence-corrected chi connectivity index (χ1v) is 14.5. The second kappa shape index (κ2) is 11.7. The molecule has 12 heteroatoms. The molecule has 5 aromatic rings. The van der Waals surface area contributed by atoms with E-state index in [1.807, 2.05) is 13.0 Å². The van der Waals surface area contributed by atoms with E-state index in [-0.39, 0.29) is 16.1 Å². The Hall–Kier alpha value is -5.26. The van der Waals surface area contributed by atoms with Crippen LogP contribution in [0.3, 0.4) is 0 Å². The largest absolute Gasteiger partial charge is 0.454 e. The molecule has 4 aromatic carbocycles. The Labute approximate surface area is 268 Å². The van der Waals surface area contributed by atoms with E-state index in [4.69, 9.17) is 21.3 Å². The SMILES string of the molecule is Cc1cc(Br)cc2c(C(=O)OCC(=O)c3ccc(Cl)c([N+](=O)[O-])c3)cc(-c3ccc(N4C(=O)c5ccccc5C4=O)cc3)nc12. The maximum Gasteiger partial charge on any atom is 0.339 e. The highest BCUT2D eigenvalue weighted by Crippen LogP contribution is 2.33. The van der Waals surface area contributed by atoms with Gasteiger partial charge in [-0.15, -0.1) is 0 Å². The number of amides is 2. The number of imide groups is 1. The van der Waals surface area contributed by atoms with E-state index in [9.17, 15) is 29.3 Å². The van der Waals surface area contributed by atoms with Gasteiger partial charge in [-0.05, 0) is 67.1 Å². The number of benzene rings is 4. The molecule has 0 unspecified atom stereocenters. The van der Waals surface area contributed by atoms with E-state index in [1.54, 1.807) is 54.6 Å². The van der Waals surface area contributed by atoms with Crippen LogP contribution >= 0.6 is 27.5 Å². The van der Waals surface area contributed by atoms with Crippen LogP contribution in [0.4, 0.5) is 11.4 Å². The zero-order valence-electron chi connectivity index (χ0n) is 23.2. The van der Waals surface area contributed by atoms with Crippen LogP contribution in [0.15, 0.2) is 89.4 Å². The van der Waals surface area contributed by atoms with Crippen molar-refractivity contribution < 1.29 is 28.8 Å². The molecule has 1 aliphatic heterocycles. The number of hydrogen-bond acceptors (Lipinski definition) is 8. The lowest BCUT2D eigenvalue weighted by atomic mass is 10.0. The van der Waals surface area contributed by atoms with E-state index >= 15 is 0 Å². The third-order valence-electron chi connectivity index (χ3n) is 7.30. The first-order valence-electron chi connectivity index (χ1n) is 13.4. The van der Waals surface area contributed by atoms with Gasteiger partial charge >= 0.3 is 5.97 Å². The predicted molar refractivity (Wildman–Crippen MR) is 170 cm³/mol. The molecular formula is C33H19BrClN3O7. The number of aryl methyl sites for hydroxylation is 1. The quantitative estimate of drug-likeness (QED) is 0.0570. The molecule has 10 nitrogen and oxygen atoms in total. The van der Waals surface area contributed by atoms with Crippen molar-refractivity contribution in [3.63, 3.8) is 0 Å². The van der Waals surface area contributed by atoms with Crippen molar-refractivity contribution in [2.45, 2.75) is 6.92 Å². The molecule has 1 aromatic heterocycles. The van der Waals surface area contributed by atoms with Gasteiger partial charge in [0.2, 0.25) is 5.78 Å². The maximum atomic E-state index is 13.4. The van der Waals surface area contributed by atoms with Crippen molar-refractivity contribution >= 4 is 73.4 Å². The summed E-state index contributed by atoms with van der Waals surface area (Å²) in [5.41, 5.74) is 3.01. The predicted octanol–water partition coefficient (Wildman–Crippen LogP) is 7.37. The number of esters is 1. The number of carbonyl (C=O) groups is 4. The fourth-order valence-electron chi connectivity index (χ4n) is 5.10. The summed E-state index contributed by atoms with van der Waals surface area (Å²) in [4.78, 5) is 68.4. The molecule has 45 heavy (non-hydrogen) atoms. The number of halogens is 2. The molecule has 222 valence electrons. The molecule has 2 heterocycles. The summed E-state index contributed by atoms with van der Waals surface area (Å²) in [5.74, 6) is -2.29. The number of ether oxygens (including phenoxy) is 1. The van der Waals surface area contributed by atoms with Crippen molar-refractivity contribution in [2.24, 2.45) is 0 Å². The molecule has 2 amide bonds. The van der Waals surface area contributed by atoms with Gasteiger partial charge in [-0.2, -0.15) is 0 Å². The van der Waals surface area contributed by atoms with Crippen LogP contribution in [-0.2, 0) is 4.74 Å². The molecule has 0 aliphatic carbocycles. The molecular weight excluding hydrogens is 666 g/mol. The summed E-state index contributed by atoms with van der Waals surface area (Å²) in [6, 6.07) is 21.9. The van der Waals surface area contributed by atoms with Gasteiger partial charge in [0, 0.05) is 27.1 Å². The number of pyridine rings is 1. The molecule has 0 saturated carbocycles. The van der Waals surface area contributed by atoms with Crippen molar-refractivity contribution in [1.29, 1.82) is 0 Å². The van der Waals surface area contributed by atoms with E-state index in [0.717, 1.165) is 16.5 Å². The summed E-state index contributed by atoms with van der Waals surface area (Å²) < 4.78 is 6.08. The molecule has 0 bridgehead atoms. The number of carbonyl (C=O) groups excluding carboxylic acids is 4. The number of anilines is 1. The van der Waals surface area contributed by atoms with Crippen LogP contribution in [-0.4, -0.2) is 40.1 Å². The molecule has 0 spiro atoms. The monoisotopic (exact) mass is 683 g/mol. The maximum absolute atomic E-state index is 13.4. The molecule has 0 saturated heterocycles. The Morgan fingerprint density at radius 3 is 2.27 bits per heavy atom. The average molecular weight is 685 g/mol. The van der Waals surface area contributed by atoms with Crippen LogP contribution in [0, 0.1) is 17.0 Å². The standard InChI is InChI=1S/C33H19BrClN3O7/c1-17-12-20(34)14-24-25(33(42)45-16-29(39)19-8-11-26(35)28(13-19)38(43)44)15-27(36-30(17)24)18-6-9-21(10-7-18)37-31(40)22-4-2-3-5-23(22)32(37)41/h2-15H,16H2,1H3. The van der Waals surface area contributed by atoms with Crippen LogP contribution in [0.5, 0.6) is 0 Å². The van der Waals surface area contributed by atoms with Crippen molar-refractivity contribution in [3.05, 3.63) is 132 Å². The smallest absolute Gasteiger partial charge is 0.339 e. The second-order valence-corrected chi connectivity index (χ2v) is 11.5. The number of nitro benzene ring substituents is 1. The van der Waals surface area contributed by atoms with E-state index in [2.05, 4.69) is 15.9 Å². The Kier molecular flexibility index (Phi) is 7.73. The number of nitrogens with zero attached hydrogens (tertiary/aromatic N) is 3. The zero-order chi connectivity index (χ0) is 32.0. The lowest BCUT2D eigenvalue weighted by Crippen LogP contribution is -2.29. The lowest BCUT2D eigenvalue weighted by Gasteiger charge is -2.15. The number of ketones is 1. The first-order chi connectivity index (χ1) is 21.5. The van der Waals surface area contributed by atoms with Gasteiger partial charge in [-0.25, -0.2) is 14.7 Å². The second-order valence-electron chi connectivity index (χ2n) is 10.1. The number of rotatable bonds is 7. The fraction of sp³-hybridized carbons (Fsp3) is 0.0606. The van der Waals surface area contributed by atoms with Crippen molar-refractivity contribution in [3.8, 4) is 11.3 Å². The number of Topliss-reactive ketones (excluding diaryl/α,β-unsaturated/α-hetero) is 1. The van der Waals surface area contributed by atoms with Crippen LogP contribution in [0.25, 0.3) is 22.2 Å². The third-order valence-corrected chi connectivity index (χ3v) is 8.08. The summed E-state index contributed by atoms with van der Waals surface area (Å²) in [6.45, 7) is 1.17. The Morgan fingerprint density at radius 2 is 1.62 bits per heavy atom. The summed E-state index contributed by atoms with van der Waals surface area (Å²) in [6.07, 6.45) is 0. The van der Waals surface area contributed by atoms with E-state index < -0.39 is 40.8 Å². The van der Waals surface area contributed by atoms with Gasteiger partial charge in [-0.1, -0.05) is 51.8 Å². The Bertz CT molecular complexity index is 2080. The van der Waals surface area contributed by atoms with Crippen LogP contribution in [0.1, 0.15) is 47.0 Å². The van der Waals surface area contributed by atoms with Gasteiger partial charge in [0.15, 0.2) is 6.61 Å². The highest BCUT2D eigenvalue weighted by atomic mass is 79.9. The van der Waals surface area contributed by atoms with E-state index in [1.165, 1.54) is 18.2 Å². The van der Waals surface area contributed by atoms with Gasteiger partial charge in [0.05, 0.1) is 38.5 Å². The molecule has 0 atom stereocenters. The highest BCUT2D eigenvalue weighted by Gasteiger charge is 2.36.